The Morgan fingerprint density at radius 3 is 2.67 bits per heavy atom. The summed E-state index contributed by atoms with van der Waals surface area (Å²) in [6.07, 6.45) is -2.50. The maximum absolute atomic E-state index is 13.4. The van der Waals surface area contributed by atoms with E-state index in [9.17, 15) is 17.6 Å². The van der Waals surface area contributed by atoms with Crippen LogP contribution in [0.15, 0.2) is 18.2 Å². The van der Waals surface area contributed by atoms with Crippen molar-refractivity contribution in [1.29, 1.82) is 0 Å². The van der Waals surface area contributed by atoms with E-state index in [1.54, 1.807) is 0 Å². The first-order valence-electron chi connectivity index (χ1n) is 6.04. The summed E-state index contributed by atoms with van der Waals surface area (Å²) in [4.78, 5) is 0. The number of nitrogens with one attached hydrogen (secondary N) is 1. The van der Waals surface area contributed by atoms with Gasteiger partial charge in [-0.3, -0.25) is 0 Å². The highest BCUT2D eigenvalue weighted by Crippen LogP contribution is 2.35. The molecule has 0 aliphatic carbocycles. The second-order valence-corrected chi connectivity index (χ2v) is 4.69. The van der Waals surface area contributed by atoms with E-state index in [1.165, 1.54) is 12.1 Å². The van der Waals surface area contributed by atoms with Crippen molar-refractivity contribution in [1.82, 2.24) is 5.32 Å². The molecule has 1 nitrogen and oxygen atoms in total. The summed E-state index contributed by atoms with van der Waals surface area (Å²) in [6, 6.07) is 3.59. The van der Waals surface area contributed by atoms with Crippen LogP contribution in [0.5, 0.6) is 0 Å². The molecule has 0 aromatic heterocycles. The molecule has 1 aliphatic rings. The number of benzene rings is 1. The van der Waals surface area contributed by atoms with Gasteiger partial charge in [0.1, 0.15) is 5.82 Å². The van der Waals surface area contributed by atoms with Crippen LogP contribution in [0.25, 0.3) is 0 Å². The molecule has 1 N–H and O–H groups in total. The van der Waals surface area contributed by atoms with Crippen LogP contribution in [0.3, 0.4) is 0 Å². The van der Waals surface area contributed by atoms with Crippen LogP contribution in [0.2, 0.25) is 0 Å². The van der Waals surface area contributed by atoms with Crippen molar-refractivity contribution >= 4 is 0 Å². The normalized spacial score (nSPS) is 21.0. The lowest BCUT2D eigenvalue weighted by Crippen LogP contribution is -2.31. The van der Waals surface area contributed by atoms with Gasteiger partial charge in [0.05, 0.1) is 5.56 Å². The van der Waals surface area contributed by atoms with E-state index in [1.807, 2.05) is 0 Å². The summed E-state index contributed by atoms with van der Waals surface area (Å²) < 4.78 is 51.8. The SMILES string of the molecule is Fc1cccc(CC2CCCNC2)c1C(F)(F)F. The fourth-order valence-corrected chi connectivity index (χ4v) is 2.47. The summed E-state index contributed by atoms with van der Waals surface area (Å²) >= 11 is 0. The average molecular weight is 261 g/mol. The molecule has 1 heterocycles. The van der Waals surface area contributed by atoms with Gasteiger partial charge in [0, 0.05) is 0 Å². The van der Waals surface area contributed by atoms with Crippen LogP contribution in [0, 0.1) is 11.7 Å². The summed E-state index contributed by atoms with van der Waals surface area (Å²) in [5, 5.41) is 3.15. The largest absolute Gasteiger partial charge is 0.419 e. The van der Waals surface area contributed by atoms with E-state index < -0.39 is 17.6 Å². The van der Waals surface area contributed by atoms with Crippen LogP contribution in [-0.2, 0) is 12.6 Å². The van der Waals surface area contributed by atoms with E-state index >= 15 is 0 Å². The zero-order chi connectivity index (χ0) is 13.2. The van der Waals surface area contributed by atoms with Crippen molar-refractivity contribution in [2.45, 2.75) is 25.4 Å². The lowest BCUT2D eigenvalue weighted by atomic mass is 9.90. The monoisotopic (exact) mass is 261 g/mol. The average Bonchev–Trinajstić information content (AvgIpc) is 2.28. The van der Waals surface area contributed by atoms with Crippen molar-refractivity contribution in [3.8, 4) is 0 Å². The second kappa shape index (κ2) is 5.26. The summed E-state index contributed by atoms with van der Waals surface area (Å²) in [7, 11) is 0. The van der Waals surface area contributed by atoms with Gasteiger partial charge in [-0.1, -0.05) is 12.1 Å². The molecule has 0 bridgehead atoms. The van der Waals surface area contributed by atoms with Gasteiger partial charge in [0.25, 0.3) is 0 Å². The van der Waals surface area contributed by atoms with E-state index in [2.05, 4.69) is 5.32 Å². The third kappa shape index (κ3) is 3.02. The Morgan fingerprint density at radius 2 is 2.06 bits per heavy atom. The van der Waals surface area contributed by atoms with Gasteiger partial charge in [-0.05, 0) is 49.9 Å². The zero-order valence-corrected chi connectivity index (χ0v) is 9.86. The maximum atomic E-state index is 13.4. The molecule has 1 unspecified atom stereocenters. The van der Waals surface area contributed by atoms with Crippen molar-refractivity contribution in [3.63, 3.8) is 0 Å². The first-order chi connectivity index (χ1) is 8.48. The Labute approximate surface area is 103 Å². The third-order valence-corrected chi connectivity index (χ3v) is 3.29. The topological polar surface area (TPSA) is 12.0 Å². The highest BCUT2D eigenvalue weighted by Gasteiger charge is 2.37. The Balaban J connectivity index is 2.24. The van der Waals surface area contributed by atoms with E-state index in [-0.39, 0.29) is 17.9 Å². The fraction of sp³-hybridized carbons (Fsp3) is 0.538. The third-order valence-electron chi connectivity index (χ3n) is 3.29. The Kier molecular flexibility index (Phi) is 3.90. The number of alkyl halides is 3. The minimum absolute atomic E-state index is 0.0659. The number of halogens is 4. The highest BCUT2D eigenvalue weighted by atomic mass is 19.4. The molecule has 0 amide bonds. The molecule has 0 radical (unpaired) electrons. The standard InChI is InChI=1S/C13H15F4N/c14-11-5-1-4-10(12(11)13(15,16)17)7-9-3-2-6-18-8-9/h1,4-5,9,18H,2-3,6-8H2. The molecule has 0 spiro atoms. The van der Waals surface area contributed by atoms with Crippen LogP contribution < -0.4 is 5.32 Å². The lowest BCUT2D eigenvalue weighted by Gasteiger charge is -2.24. The quantitative estimate of drug-likeness (QED) is 0.805. The summed E-state index contributed by atoms with van der Waals surface area (Å²) in [6.45, 7) is 1.61. The van der Waals surface area contributed by atoms with Gasteiger partial charge in [-0.25, -0.2) is 4.39 Å². The number of hydrogen-bond donors (Lipinski definition) is 1. The molecule has 100 valence electrons. The van der Waals surface area contributed by atoms with Gasteiger partial charge in [0.2, 0.25) is 0 Å². The predicted molar refractivity (Wildman–Crippen MR) is 60.7 cm³/mol. The summed E-state index contributed by atoms with van der Waals surface area (Å²) in [5.74, 6) is -1.02. The van der Waals surface area contributed by atoms with Crippen LogP contribution in [0.1, 0.15) is 24.0 Å². The minimum Gasteiger partial charge on any atom is -0.316 e. The first-order valence-corrected chi connectivity index (χ1v) is 6.04. The van der Waals surface area contributed by atoms with Gasteiger partial charge in [-0.15, -0.1) is 0 Å². The molecule has 1 aliphatic heterocycles. The van der Waals surface area contributed by atoms with E-state index in [4.69, 9.17) is 0 Å². The lowest BCUT2D eigenvalue weighted by molar-refractivity contribution is -0.140. The van der Waals surface area contributed by atoms with Crippen molar-refractivity contribution in [2.75, 3.05) is 13.1 Å². The van der Waals surface area contributed by atoms with Gasteiger partial charge in [-0.2, -0.15) is 13.2 Å². The molecule has 0 saturated carbocycles. The Bertz CT molecular complexity index is 408. The first kappa shape index (κ1) is 13.3. The zero-order valence-electron chi connectivity index (χ0n) is 9.86. The van der Waals surface area contributed by atoms with Gasteiger partial charge in [0.15, 0.2) is 0 Å². The van der Waals surface area contributed by atoms with Gasteiger partial charge >= 0.3 is 6.18 Å². The molecular formula is C13H15F4N. The molecule has 1 aromatic rings. The molecule has 1 saturated heterocycles. The second-order valence-electron chi connectivity index (χ2n) is 4.69. The Morgan fingerprint density at radius 1 is 1.28 bits per heavy atom. The highest BCUT2D eigenvalue weighted by molar-refractivity contribution is 5.31. The van der Waals surface area contributed by atoms with E-state index in [0.717, 1.165) is 25.5 Å². The number of piperidine rings is 1. The molecule has 1 fully saturated rings. The van der Waals surface area contributed by atoms with E-state index in [0.29, 0.717) is 6.54 Å². The van der Waals surface area contributed by atoms with Gasteiger partial charge < -0.3 is 5.32 Å². The maximum Gasteiger partial charge on any atom is 0.419 e. The predicted octanol–water partition coefficient (Wildman–Crippen LogP) is 3.39. The smallest absolute Gasteiger partial charge is 0.316 e. The Hall–Kier alpha value is -1.10. The van der Waals surface area contributed by atoms with Crippen molar-refractivity contribution in [2.24, 2.45) is 5.92 Å². The van der Waals surface area contributed by atoms with Crippen LogP contribution in [-0.4, -0.2) is 13.1 Å². The van der Waals surface area contributed by atoms with Crippen molar-refractivity contribution < 1.29 is 17.6 Å². The summed E-state index contributed by atoms with van der Waals surface area (Å²) in [5.41, 5.74) is -1.04. The molecule has 2 rings (SSSR count). The molecule has 1 aromatic carbocycles. The minimum atomic E-state index is -4.62. The van der Waals surface area contributed by atoms with Crippen molar-refractivity contribution in [3.05, 3.63) is 35.1 Å². The molecule has 18 heavy (non-hydrogen) atoms. The van der Waals surface area contributed by atoms with Crippen LogP contribution >= 0.6 is 0 Å². The van der Waals surface area contributed by atoms with Crippen LogP contribution in [0.4, 0.5) is 17.6 Å². The number of rotatable bonds is 2. The molecular weight excluding hydrogens is 246 g/mol. The molecule has 5 heteroatoms. The molecule has 1 atom stereocenters. The number of hydrogen-bond acceptors (Lipinski definition) is 1. The fourth-order valence-electron chi connectivity index (χ4n) is 2.47.